The van der Waals surface area contributed by atoms with Crippen molar-refractivity contribution in [3.8, 4) is 16.9 Å². The smallest absolute Gasteiger partial charge is 0.420 e. The summed E-state index contributed by atoms with van der Waals surface area (Å²) in [6.07, 6.45) is 2.70. The lowest BCUT2D eigenvalue weighted by Gasteiger charge is -2.13. The third kappa shape index (κ3) is 3.67. The molecule has 0 aliphatic carbocycles. The third-order valence-corrected chi connectivity index (χ3v) is 6.24. The highest BCUT2D eigenvalue weighted by Gasteiger charge is 2.22. The Labute approximate surface area is 197 Å². The number of aromatic nitrogens is 3. The molecule has 0 saturated carbocycles. The lowest BCUT2D eigenvalue weighted by molar-refractivity contribution is 0.393. The maximum atomic E-state index is 13.0. The van der Waals surface area contributed by atoms with Crippen LogP contribution in [0.5, 0.6) is 5.75 Å². The maximum Gasteiger partial charge on any atom is 0.420 e. The van der Waals surface area contributed by atoms with E-state index in [2.05, 4.69) is 12.1 Å². The van der Waals surface area contributed by atoms with E-state index in [-0.39, 0.29) is 5.76 Å². The number of benzene rings is 2. The fourth-order valence-electron chi connectivity index (χ4n) is 4.57. The summed E-state index contributed by atoms with van der Waals surface area (Å²) in [7, 11) is 1.63. The van der Waals surface area contributed by atoms with Gasteiger partial charge in [0.1, 0.15) is 17.0 Å². The zero-order valence-corrected chi connectivity index (χ0v) is 19.8. The number of hydrogen-bond acceptors (Lipinski definition) is 6. The molecule has 0 aliphatic heterocycles. The molecule has 34 heavy (non-hydrogen) atoms. The first-order valence-electron chi connectivity index (χ1n) is 11.5. The van der Waals surface area contributed by atoms with Gasteiger partial charge in [-0.15, -0.1) is 0 Å². The lowest BCUT2D eigenvalue weighted by atomic mass is 9.99. The number of hydrogen-bond donors (Lipinski definition) is 0. The lowest BCUT2D eigenvalue weighted by Crippen LogP contribution is -2.15. The summed E-state index contributed by atoms with van der Waals surface area (Å²) in [5.41, 5.74) is 6.42. The second kappa shape index (κ2) is 8.82. The Morgan fingerprint density at radius 1 is 1.12 bits per heavy atom. The maximum absolute atomic E-state index is 13.0. The second-order valence-corrected chi connectivity index (χ2v) is 8.55. The molecule has 3 aromatic heterocycles. The van der Waals surface area contributed by atoms with Crippen molar-refractivity contribution in [3.63, 3.8) is 0 Å². The Morgan fingerprint density at radius 2 is 1.91 bits per heavy atom. The van der Waals surface area contributed by atoms with Crippen LogP contribution in [-0.4, -0.2) is 21.8 Å². The van der Waals surface area contributed by atoms with Crippen molar-refractivity contribution < 1.29 is 13.7 Å². The summed E-state index contributed by atoms with van der Waals surface area (Å²) in [6.45, 7) is 6.34. The number of nitrogens with zero attached hydrogens (tertiary/aromatic N) is 3. The molecule has 0 unspecified atom stereocenters. The molecule has 0 spiro atoms. The highest BCUT2D eigenvalue weighted by atomic mass is 16.5. The van der Waals surface area contributed by atoms with Crippen molar-refractivity contribution in [3.05, 3.63) is 75.7 Å². The van der Waals surface area contributed by atoms with Gasteiger partial charge in [-0.3, -0.25) is 4.57 Å². The van der Waals surface area contributed by atoms with Crippen LogP contribution >= 0.6 is 0 Å². The summed E-state index contributed by atoms with van der Waals surface area (Å²) in [5.74, 6) is 0.984. The number of aryl methyl sites for hydroxylation is 3. The molecule has 0 saturated heterocycles. The second-order valence-electron chi connectivity index (χ2n) is 8.55. The molecule has 0 aliphatic rings. The molecule has 5 aromatic rings. The number of rotatable bonds is 7. The number of pyridine rings is 1. The molecule has 0 bridgehead atoms. The van der Waals surface area contributed by atoms with Gasteiger partial charge < -0.3 is 13.7 Å². The molecule has 3 heterocycles. The minimum absolute atomic E-state index is 0.389. The van der Waals surface area contributed by atoms with Crippen LogP contribution in [-0.2, 0) is 13.0 Å². The number of unbranched alkanes of at least 4 members (excludes halogenated alkanes) is 1. The molecule has 2 aromatic carbocycles. The first-order valence-corrected chi connectivity index (χ1v) is 11.5. The molecule has 174 valence electrons. The Morgan fingerprint density at radius 3 is 2.59 bits per heavy atom. The first-order chi connectivity index (χ1) is 16.5. The van der Waals surface area contributed by atoms with Gasteiger partial charge in [-0.2, -0.15) is 0 Å². The van der Waals surface area contributed by atoms with Crippen LogP contribution in [0.4, 0.5) is 0 Å². The number of fused-ring (bicyclic) bond motifs is 3. The van der Waals surface area contributed by atoms with Crippen molar-refractivity contribution >= 4 is 22.0 Å². The average Bonchev–Trinajstić information content (AvgIpc) is 3.35. The van der Waals surface area contributed by atoms with E-state index in [1.807, 2.05) is 56.3 Å². The van der Waals surface area contributed by atoms with Crippen LogP contribution in [0.15, 0.2) is 56.2 Å². The number of oxazole rings is 1. The third-order valence-electron chi connectivity index (χ3n) is 6.24. The molecular weight excluding hydrogens is 430 g/mol. The molecule has 0 fully saturated rings. The van der Waals surface area contributed by atoms with Crippen LogP contribution in [0, 0.1) is 13.8 Å². The fraction of sp³-hybridized carbons (Fsp3) is 0.296. The fourth-order valence-corrected chi connectivity index (χ4v) is 4.57. The minimum Gasteiger partial charge on any atom is -0.496 e. The van der Waals surface area contributed by atoms with Crippen molar-refractivity contribution in [2.45, 2.75) is 46.6 Å². The minimum atomic E-state index is -0.389. The van der Waals surface area contributed by atoms with Gasteiger partial charge in [0.05, 0.1) is 36.1 Å². The monoisotopic (exact) mass is 457 g/mol. The Kier molecular flexibility index (Phi) is 5.69. The van der Waals surface area contributed by atoms with Gasteiger partial charge >= 0.3 is 5.76 Å². The molecule has 0 amide bonds. The van der Waals surface area contributed by atoms with Crippen LogP contribution in [0.1, 0.15) is 42.5 Å². The van der Waals surface area contributed by atoms with Crippen molar-refractivity contribution in [1.29, 1.82) is 0 Å². The van der Waals surface area contributed by atoms with Crippen LogP contribution < -0.4 is 10.5 Å². The predicted octanol–water partition coefficient (Wildman–Crippen LogP) is 5.81. The summed E-state index contributed by atoms with van der Waals surface area (Å²) in [5, 5.41) is 4.92. The Bertz CT molecular complexity index is 1520. The normalized spacial score (nSPS) is 11.5. The Hall–Kier alpha value is -3.87. The first kappa shape index (κ1) is 21.9. The predicted molar refractivity (Wildman–Crippen MR) is 131 cm³/mol. The molecule has 0 radical (unpaired) electrons. The largest absolute Gasteiger partial charge is 0.496 e. The van der Waals surface area contributed by atoms with Gasteiger partial charge in [0.2, 0.25) is 0 Å². The van der Waals surface area contributed by atoms with Crippen LogP contribution in [0.25, 0.3) is 33.1 Å². The van der Waals surface area contributed by atoms with Crippen molar-refractivity contribution in [2.24, 2.45) is 0 Å². The van der Waals surface area contributed by atoms with E-state index in [4.69, 9.17) is 18.7 Å². The zero-order chi connectivity index (χ0) is 23.8. The number of ether oxygens (including phenoxy) is 1. The highest BCUT2D eigenvalue weighted by molar-refractivity contribution is 6.05. The average molecular weight is 458 g/mol. The summed E-state index contributed by atoms with van der Waals surface area (Å²) < 4.78 is 18.7. The molecule has 5 rings (SSSR count). The zero-order valence-electron chi connectivity index (χ0n) is 19.8. The van der Waals surface area contributed by atoms with Crippen LogP contribution in [0.2, 0.25) is 0 Å². The topological polar surface area (TPSA) is 83.3 Å². The van der Waals surface area contributed by atoms with E-state index in [1.165, 1.54) is 0 Å². The molecule has 0 atom stereocenters. The van der Waals surface area contributed by atoms with Gasteiger partial charge in [0.15, 0.2) is 5.58 Å². The van der Waals surface area contributed by atoms with E-state index in [9.17, 15) is 4.79 Å². The quantitative estimate of drug-likeness (QED) is 0.306. The van der Waals surface area contributed by atoms with E-state index >= 15 is 0 Å². The molecule has 7 nitrogen and oxygen atoms in total. The standard InChI is InChI=1S/C27H27N3O4/c1-5-6-12-21-26-25(30(27(31)33-26)15-18-10-8-7-9-11-18)19-14-23(32-4)20(13-22(19)28-21)24-16(2)29-34-17(24)3/h7-11,13-14H,5-6,12,15H2,1-4H3. The van der Waals surface area contributed by atoms with E-state index < -0.39 is 0 Å². The van der Waals surface area contributed by atoms with Gasteiger partial charge in [-0.25, -0.2) is 9.78 Å². The van der Waals surface area contributed by atoms with Gasteiger partial charge in [0, 0.05) is 10.9 Å². The molecular formula is C27H27N3O4. The van der Waals surface area contributed by atoms with Gasteiger partial charge in [0.25, 0.3) is 0 Å². The van der Waals surface area contributed by atoms with Gasteiger partial charge in [-0.05, 0) is 44.4 Å². The van der Waals surface area contributed by atoms with Crippen molar-refractivity contribution in [1.82, 2.24) is 14.7 Å². The van der Waals surface area contributed by atoms with E-state index in [0.717, 1.165) is 63.8 Å². The highest BCUT2D eigenvalue weighted by Crippen LogP contribution is 2.39. The van der Waals surface area contributed by atoms with Gasteiger partial charge in [-0.1, -0.05) is 48.8 Å². The SMILES string of the molecule is CCCCc1nc2cc(-c3c(C)noc3C)c(OC)cc2c2c1oc(=O)n2Cc1ccccc1. The van der Waals surface area contributed by atoms with Crippen LogP contribution in [0.3, 0.4) is 0 Å². The summed E-state index contributed by atoms with van der Waals surface area (Å²) >= 11 is 0. The number of methoxy groups -OCH3 is 1. The molecule has 0 N–H and O–H groups in total. The summed E-state index contributed by atoms with van der Waals surface area (Å²) in [6, 6.07) is 13.8. The summed E-state index contributed by atoms with van der Waals surface area (Å²) in [4.78, 5) is 18.0. The van der Waals surface area contributed by atoms with Crippen molar-refractivity contribution in [2.75, 3.05) is 7.11 Å². The van der Waals surface area contributed by atoms with E-state index in [1.54, 1.807) is 11.7 Å². The molecule has 7 heteroatoms. The van der Waals surface area contributed by atoms with E-state index in [0.29, 0.717) is 23.6 Å². The Balaban J connectivity index is 1.83.